The number of fused-ring (bicyclic) bond motifs is 2. The van der Waals surface area contributed by atoms with E-state index in [0.29, 0.717) is 22.4 Å². The molecule has 3 amide bonds. The molecular weight excluding hydrogens is 418 g/mol. The first kappa shape index (κ1) is 17.2. The van der Waals surface area contributed by atoms with Gasteiger partial charge in [0.25, 0.3) is 11.8 Å². The largest absolute Gasteiger partial charge is 0.420 e. The number of anilines is 1. The van der Waals surface area contributed by atoms with Crippen LogP contribution in [0.15, 0.2) is 50.1 Å². The van der Waals surface area contributed by atoms with Crippen LogP contribution in [0.5, 0.6) is 0 Å². The SMILES string of the molecule is CN1C(=O)c2ccc(NC(=O)Cn3c(=O)oc4cc(Br)ccc43)cc2C1=O. The fraction of sp³-hybridized carbons (Fsp3) is 0.111. The Balaban J connectivity index is 1.58. The van der Waals surface area contributed by atoms with Crippen molar-refractivity contribution in [2.45, 2.75) is 6.54 Å². The minimum atomic E-state index is -0.644. The molecule has 0 unspecified atom stereocenters. The number of hydrogen-bond donors (Lipinski definition) is 1. The Bertz CT molecular complexity index is 1190. The summed E-state index contributed by atoms with van der Waals surface area (Å²) >= 11 is 3.29. The third-order valence-corrected chi connectivity index (χ3v) is 4.80. The van der Waals surface area contributed by atoms with Crippen LogP contribution in [-0.4, -0.2) is 34.2 Å². The van der Waals surface area contributed by atoms with Crippen LogP contribution in [-0.2, 0) is 11.3 Å². The number of rotatable bonds is 3. The molecular formula is C18H12BrN3O5. The molecule has 3 aromatic rings. The number of nitrogens with one attached hydrogen (secondary N) is 1. The minimum Gasteiger partial charge on any atom is -0.408 e. The van der Waals surface area contributed by atoms with Gasteiger partial charge in [-0.05, 0) is 36.4 Å². The summed E-state index contributed by atoms with van der Waals surface area (Å²) in [5, 5.41) is 2.63. The Morgan fingerprint density at radius 2 is 1.81 bits per heavy atom. The lowest BCUT2D eigenvalue weighted by atomic mass is 10.1. The van der Waals surface area contributed by atoms with Crippen molar-refractivity contribution >= 4 is 50.4 Å². The first-order chi connectivity index (χ1) is 12.8. The highest BCUT2D eigenvalue weighted by Crippen LogP contribution is 2.25. The minimum absolute atomic E-state index is 0.232. The summed E-state index contributed by atoms with van der Waals surface area (Å²) in [6.45, 7) is -0.253. The molecule has 0 spiro atoms. The lowest BCUT2D eigenvalue weighted by Gasteiger charge is -2.07. The van der Waals surface area contributed by atoms with Crippen molar-refractivity contribution in [2.24, 2.45) is 0 Å². The van der Waals surface area contributed by atoms with Crippen LogP contribution in [0.2, 0.25) is 0 Å². The molecule has 9 heteroatoms. The zero-order valence-electron chi connectivity index (χ0n) is 14.0. The molecule has 0 aliphatic carbocycles. The first-order valence-electron chi connectivity index (χ1n) is 7.90. The van der Waals surface area contributed by atoms with Gasteiger partial charge in [-0.1, -0.05) is 15.9 Å². The van der Waals surface area contributed by atoms with Crippen molar-refractivity contribution < 1.29 is 18.8 Å². The average Bonchev–Trinajstić information content (AvgIpc) is 3.04. The van der Waals surface area contributed by atoms with Crippen molar-refractivity contribution in [1.82, 2.24) is 9.47 Å². The normalized spacial score (nSPS) is 13.3. The molecule has 0 atom stereocenters. The number of halogens is 1. The second kappa shape index (κ2) is 6.20. The number of carbonyl (C=O) groups excluding carboxylic acids is 3. The number of carbonyl (C=O) groups is 3. The van der Waals surface area contributed by atoms with Gasteiger partial charge >= 0.3 is 5.76 Å². The molecule has 4 rings (SSSR count). The van der Waals surface area contributed by atoms with Crippen LogP contribution < -0.4 is 11.1 Å². The van der Waals surface area contributed by atoms with E-state index in [4.69, 9.17) is 4.42 Å². The van der Waals surface area contributed by atoms with Crippen LogP contribution in [0.1, 0.15) is 20.7 Å². The number of aromatic nitrogens is 1. The second-order valence-corrected chi connectivity index (χ2v) is 6.96. The van der Waals surface area contributed by atoms with Gasteiger partial charge in [-0.2, -0.15) is 0 Å². The predicted octanol–water partition coefficient (Wildman–Crippen LogP) is 2.22. The number of nitrogens with zero attached hydrogens (tertiary/aromatic N) is 2. The zero-order valence-corrected chi connectivity index (χ0v) is 15.6. The maximum Gasteiger partial charge on any atom is 0.420 e. The smallest absolute Gasteiger partial charge is 0.408 e. The van der Waals surface area contributed by atoms with Crippen molar-refractivity contribution in [3.8, 4) is 0 Å². The summed E-state index contributed by atoms with van der Waals surface area (Å²) in [6.07, 6.45) is 0. The fourth-order valence-corrected chi connectivity index (χ4v) is 3.31. The molecule has 1 aliphatic rings. The van der Waals surface area contributed by atoms with E-state index in [9.17, 15) is 19.2 Å². The lowest BCUT2D eigenvalue weighted by Crippen LogP contribution is -2.25. The zero-order chi connectivity index (χ0) is 19.3. The predicted molar refractivity (Wildman–Crippen MR) is 99.7 cm³/mol. The highest BCUT2D eigenvalue weighted by Gasteiger charge is 2.32. The van der Waals surface area contributed by atoms with Gasteiger partial charge in [-0.3, -0.25) is 23.9 Å². The number of amides is 3. The number of oxazole rings is 1. The Hall–Kier alpha value is -3.20. The molecule has 0 radical (unpaired) electrons. The topological polar surface area (TPSA) is 102 Å². The van der Waals surface area contributed by atoms with Gasteiger partial charge in [-0.25, -0.2) is 4.79 Å². The third kappa shape index (κ3) is 2.85. The Morgan fingerprint density at radius 3 is 2.59 bits per heavy atom. The van der Waals surface area contributed by atoms with Gasteiger partial charge in [0.15, 0.2) is 5.58 Å². The molecule has 8 nitrogen and oxygen atoms in total. The molecule has 0 saturated carbocycles. The van der Waals surface area contributed by atoms with E-state index in [1.54, 1.807) is 18.2 Å². The molecule has 2 aromatic carbocycles. The quantitative estimate of drug-likeness (QED) is 0.643. The first-order valence-corrected chi connectivity index (χ1v) is 8.69. The molecule has 136 valence electrons. The van der Waals surface area contributed by atoms with Crippen LogP contribution >= 0.6 is 15.9 Å². The molecule has 27 heavy (non-hydrogen) atoms. The third-order valence-electron chi connectivity index (χ3n) is 4.31. The second-order valence-electron chi connectivity index (χ2n) is 6.04. The lowest BCUT2D eigenvalue weighted by molar-refractivity contribution is -0.116. The van der Waals surface area contributed by atoms with Crippen molar-refractivity contribution in [2.75, 3.05) is 12.4 Å². The maximum atomic E-state index is 12.4. The van der Waals surface area contributed by atoms with Crippen molar-refractivity contribution in [1.29, 1.82) is 0 Å². The summed E-state index contributed by atoms with van der Waals surface area (Å²) in [4.78, 5) is 49.4. The van der Waals surface area contributed by atoms with Gasteiger partial charge in [0, 0.05) is 17.2 Å². The molecule has 0 bridgehead atoms. The standard InChI is InChI=1S/C18H12BrN3O5/c1-21-16(24)11-4-3-10(7-12(11)17(21)25)20-15(23)8-22-13-5-2-9(19)6-14(13)27-18(22)26/h2-7H,8H2,1H3,(H,20,23). The highest BCUT2D eigenvalue weighted by atomic mass is 79.9. The van der Waals surface area contributed by atoms with Crippen LogP contribution in [0.3, 0.4) is 0 Å². The molecule has 0 saturated heterocycles. The molecule has 1 aromatic heterocycles. The summed E-state index contributed by atoms with van der Waals surface area (Å²) in [6, 6.07) is 9.54. The van der Waals surface area contributed by atoms with E-state index < -0.39 is 17.6 Å². The average molecular weight is 430 g/mol. The maximum absolute atomic E-state index is 12.4. The highest BCUT2D eigenvalue weighted by molar-refractivity contribution is 9.10. The monoisotopic (exact) mass is 429 g/mol. The molecule has 1 aliphatic heterocycles. The van der Waals surface area contributed by atoms with E-state index in [2.05, 4.69) is 21.2 Å². The summed E-state index contributed by atoms with van der Waals surface area (Å²) in [5.74, 6) is -1.91. The van der Waals surface area contributed by atoms with Gasteiger partial charge in [0.05, 0.1) is 16.6 Å². The molecule has 0 fully saturated rings. The summed E-state index contributed by atoms with van der Waals surface area (Å²) in [5.41, 5.74) is 1.75. The van der Waals surface area contributed by atoms with E-state index in [1.165, 1.54) is 29.8 Å². The van der Waals surface area contributed by atoms with Gasteiger partial charge < -0.3 is 9.73 Å². The summed E-state index contributed by atoms with van der Waals surface area (Å²) < 4.78 is 7.11. The van der Waals surface area contributed by atoms with Crippen LogP contribution in [0, 0.1) is 0 Å². The Morgan fingerprint density at radius 1 is 1.07 bits per heavy atom. The summed E-state index contributed by atoms with van der Waals surface area (Å²) in [7, 11) is 1.40. The number of imide groups is 1. The Labute approximate surface area is 160 Å². The van der Waals surface area contributed by atoms with Crippen LogP contribution in [0.4, 0.5) is 5.69 Å². The van der Waals surface area contributed by atoms with E-state index in [0.717, 1.165) is 9.37 Å². The van der Waals surface area contributed by atoms with Crippen molar-refractivity contribution in [3.63, 3.8) is 0 Å². The number of hydrogen-bond acceptors (Lipinski definition) is 5. The van der Waals surface area contributed by atoms with Gasteiger partial charge in [0.2, 0.25) is 5.91 Å². The number of benzene rings is 2. The fourth-order valence-electron chi connectivity index (χ4n) is 2.97. The van der Waals surface area contributed by atoms with E-state index >= 15 is 0 Å². The van der Waals surface area contributed by atoms with E-state index in [-0.39, 0.29) is 18.0 Å². The molecule has 1 N–H and O–H groups in total. The van der Waals surface area contributed by atoms with E-state index in [1.807, 2.05) is 0 Å². The van der Waals surface area contributed by atoms with Gasteiger partial charge in [0.1, 0.15) is 6.54 Å². The van der Waals surface area contributed by atoms with Crippen LogP contribution in [0.25, 0.3) is 11.1 Å². The van der Waals surface area contributed by atoms with Crippen molar-refractivity contribution in [3.05, 3.63) is 62.5 Å². The van der Waals surface area contributed by atoms with Gasteiger partial charge in [-0.15, -0.1) is 0 Å². The Kier molecular flexibility index (Phi) is 3.96. The molecule has 2 heterocycles.